The highest BCUT2D eigenvalue weighted by Gasteiger charge is 2.37. The van der Waals surface area contributed by atoms with Gasteiger partial charge in [0.05, 0.1) is 25.5 Å². The number of ether oxygens (including phenoxy) is 2. The summed E-state index contributed by atoms with van der Waals surface area (Å²) in [5.74, 6) is -0.00582. The number of fused-ring (bicyclic) bond motifs is 1. The second-order valence-corrected chi connectivity index (χ2v) is 7.61. The van der Waals surface area contributed by atoms with E-state index in [-0.39, 0.29) is 24.8 Å². The first-order valence-corrected chi connectivity index (χ1v) is 10.2. The Hall–Kier alpha value is -2.32. The predicted octanol–water partition coefficient (Wildman–Crippen LogP) is 2.89. The van der Waals surface area contributed by atoms with Gasteiger partial charge in [-0.25, -0.2) is 0 Å². The Labute approximate surface area is 201 Å². The largest absolute Gasteiger partial charge is 0.493 e. The van der Waals surface area contributed by atoms with Crippen LogP contribution in [-0.2, 0) is 11.3 Å². The Morgan fingerprint density at radius 2 is 1.41 bits per heavy atom. The molecule has 174 valence electrons. The molecule has 0 saturated carbocycles. The Morgan fingerprint density at radius 3 is 2.03 bits per heavy atom. The Bertz CT molecular complexity index is 934. The number of Topliss-reactive ketones (excluding diaryl/α,β-unsaturated/α-hetero) is 1. The molecule has 7 nitrogen and oxygen atoms in total. The topological polar surface area (TPSA) is 62.3 Å². The molecule has 0 aromatic heterocycles. The molecule has 0 bridgehead atoms. The smallest absolute Gasteiger partial charge is 0.299 e. The van der Waals surface area contributed by atoms with E-state index in [1.165, 1.54) is 12.7 Å². The summed E-state index contributed by atoms with van der Waals surface area (Å²) in [7, 11) is 3.06. The normalized spacial score (nSPS) is 16.2. The predicted molar refractivity (Wildman–Crippen MR) is 129 cm³/mol. The molecule has 1 amide bonds. The highest BCUT2D eigenvalue weighted by Crippen LogP contribution is 2.38. The van der Waals surface area contributed by atoms with E-state index in [1.54, 1.807) is 24.1 Å². The van der Waals surface area contributed by atoms with Crippen molar-refractivity contribution < 1.29 is 19.1 Å². The summed E-state index contributed by atoms with van der Waals surface area (Å²) in [6.07, 6.45) is 0. The van der Waals surface area contributed by atoms with Crippen LogP contribution in [-0.4, -0.2) is 75.0 Å². The van der Waals surface area contributed by atoms with Crippen molar-refractivity contribution in [2.45, 2.75) is 6.54 Å². The van der Waals surface area contributed by atoms with Crippen molar-refractivity contribution in [3.8, 4) is 11.5 Å². The van der Waals surface area contributed by atoms with E-state index in [4.69, 9.17) is 9.47 Å². The number of carbonyl (C=O) groups excluding carboxylic acids is 2. The molecule has 0 unspecified atom stereocenters. The molecule has 32 heavy (non-hydrogen) atoms. The SMILES string of the molecule is COc1cc2c(cc1OC)N(CCN1CCN(Cc3ccccc3)CC1)C(=O)C2=O.Cl.Cl. The van der Waals surface area contributed by atoms with Crippen LogP contribution in [0.3, 0.4) is 0 Å². The van der Waals surface area contributed by atoms with E-state index in [9.17, 15) is 9.59 Å². The molecule has 2 aliphatic rings. The number of hydrogen-bond donors (Lipinski definition) is 0. The zero-order valence-corrected chi connectivity index (χ0v) is 19.9. The lowest BCUT2D eigenvalue weighted by Crippen LogP contribution is -2.48. The number of hydrogen-bond acceptors (Lipinski definition) is 6. The van der Waals surface area contributed by atoms with Crippen molar-refractivity contribution in [3.05, 3.63) is 53.6 Å². The molecule has 0 N–H and O–H groups in total. The fraction of sp³-hybridized carbons (Fsp3) is 0.391. The fourth-order valence-electron chi connectivity index (χ4n) is 4.10. The van der Waals surface area contributed by atoms with Gasteiger partial charge >= 0.3 is 0 Å². The van der Waals surface area contributed by atoms with Gasteiger partial charge < -0.3 is 14.4 Å². The Kier molecular flexibility index (Phi) is 9.33. The Balaban J connectivity index is 0.00000181. The third-order valence-corrected chi connectivity index (χ3v) is 5.83. The molecule has 2 heterocycles. The number of piperazine rings is 1. The lowest BCUT2D eigenvalue weighted by molar-refractivity contribution is -0.114. The molecular weight excluding hydrogens is 453 g/mol. The van der Waals surface area contributed by atoms with E-state index < -0.39 is 11.7 Å². The molecule has 0 radical (unpaired) electrons. The summed E-state index contributed by atoms with van der Waals surface area (Å²) < 4.78 is 10.6. The molecule has 1 fully saturated rings. The van der Waals surface area contributed by atoms with Crippen molar-refractivity contribution in [2.24, 2.45) is 0 Å². The first kappa shape index (κ1) is 25.9. The number of anilines is 1. The van der Waals surface area contributed by atoms with E-state index in [1.807, 2.05) is 6.07 Å². The number of halogens is 2. The van der Waals surface area contributed by atoms with Crippen LogP contribution in [0.25, 0.3) is 0 Å². The fourth-order valence-corrected chi connectivity index (χ4v) is 4.10. The van der Waals surface area contributed by atoms with Crippen LogP contribution in [0.5, 0.6) is 11.5 Å². The van der Waals surface area contributed by atoms with Crippen molar-refractivity contribution in [2.75, 3.05) is 58.4 Å². The second-order valence-electron chi connectivity index (χ2n) is 7.61. The average molecular weight is 482 g/mol. The minimum Gasteiger partial charge on any atom is -0.493 e. The standard InChI is InChI=1S/C23H27N3O4.2ClH/c1-29-20-14-18-19(15-21(20)30-2)26(23(28)22(18)27)13-12-24-8-10-25(11-9-24)16-17-6-4-3-5-7-17;;/h3-7,14-15H,8-13,16H2,1-2H3;2*1H. The van der Waals surface area contributed by atoms with E-state index in [0.29, 0.717) is 29.3 Å². The van der Waals surface area contributed by atoms with Crippen LogP contribution < -0.4 is 14.4 Å². The third-order valence-electron chi connectivity index (χ3n) is 5.83. The van der Waals surface area contributed by atoms with Gasteiger partial charge in [-0.15, -0.1) is 24.8 Å². The number of benzene rings is 2. The van der Waals surface area contributed by atoms with Crippen molar-refractivity contribution in [1.29, 1.82) is 0 Å². The molecule has 0 spiro atoms. The maximum Gasteiger partial charge on any atom is 0.299 e. The van der Waals surface area contributed by atoms with Gasteiger partial charge in [-0.05, 0) is 11.6 Å². The van der Waals surface area contributed by atoms with Crippen LogP contribution in [0.1, 0.15) is 15.9 Å². The van der Waals surface area contributed by atoms with Crippen molar-refractivity contribution >= 4 is 42.2 Å². The summed E-state index contributed by atoms with van der Waals surface area (Å²) in [4.78, 5) is 31.3. The van der Waals surface area contributed by atoms with Gasteiger partial charge in [0.15, 0.2) is 11.5 Å². The van der Waals surface area contributed by atoms with E-state index in [2.05, 4.69) is 34.1 Å². The van der Waals surface area contributed by atoms with E-state index >= 15 is 0 Å². The van der Waals surface area contributed by atoms with Crippen LogP contribution in [0.2, 0.25) is 0 Å². The highest BCUT2D eigenvalue weighted by atomic mass is 35.5. The zero-order valence-electron chi connectivity index (χ0n) is 18.3. The van der Waals surface area contributed by atoms with Crippen molar-refractivity contribution in [1.82, 2.24) is 9.80 Å². The molecule has 0 aliphatic carbocycles. The molecular formula is C23H29Cl2N3O4. The number of ketones is 1. The van der Waals surface area contributed by atoms with Gasteiger partial charge in [0, 0.05) is 51.9 Å². The number of rotatable bonds is 7. The molecule has 2 aromatic rings. The summed E-state index contributed by atoms with van der Waals surface area (Å²) in [6.45, 7) is 6.04. The van der Waals surface area contributed by atoms with Crippen LogP contribution in [0, 0.1) is 0 Å². The van der Waals surface area contributed by atoms with E-state index in [0.717, 1.165) is 39.3 Å². The molecule has 1 saturated heterocycles. The van der Waals surface area contributed by atoms with Gasteiger partial charge in [-0.1, -0.05) is 30.3 Å². The van der Waals surface area contributed by atoms with Crippen molar-refractivity contribution in [3.63, 3.8) is 0 Å². The summed E-state index contributed by atoms with van der Waals surface area (Å²) in [5.41, 5.74) is 2.31. The second kappa shape index (κ2) is 11.5. The zero-order chi connectivity index (χ0) is 21.1. The summed E-state index contributed by atoms with van der Waals surface area (Å²) >= 11 is 0. The number of methoxy groups -OCH3 is 2. The summed E-state index contributed by atoms with van der Waals surface area (Å²) in [6, 6.07) is 13.8. The Morgan fingerprint density at radius 1 is 0.812 bits per heavy atom. The van der Waals surface area contributed by atoms with Gasteiger partial charge in [0.25, 0.3) is 11.7 Å². The van der Waals surface area contributed by atoms with Gasteiger partial charge in [-0.2, -0.15) is 0 Å². The molecule has 9 heteroatoms. The number of carbonyl (C=O) groups is 2. The first-order chi connectivity index (χ1) is 14.6. The average Bonchev–Trinajstić information content (AvgIpc) is 3.02. The van der Waals surface area contributed by atoms with Gasteiger partial charge in [-0.3, -0.25) is 19.4 Å². The third kappa shape index (κ3) is 5.35. The molecule has 4 rings (SSSR count). The number of amides is 1. The highest BCUT2D eigenvalue weighted by molar-refractivity contribution is 6.52. The van der Waals surface area contributed by atoms with Gasteiger partial charge in [0.2, 0.25) is 0 Å². The van der Waals surface area contributed by atoms with Crippen LogP contribution >= 0.6 is 24.8 Å². The minimum atomic E-state index is -0.487. The minimum absolute atomic E-state index is 0. The van der Waals surface area contributed by atoms with Crippen LogP contribution in [0.15, 0.2) is 42.5 Å². The first-order valence-electron chi connectivity index (χ1n) is 10.2. The summed E-state index contributed by atoms with van der Waals surface area (Å²) in [5, 5.41) is 0. The maximum absolute atomic E-state index is 12.6. The molecule has 0 atom stereocenters. The quantitative estimate of drug-likeness (QED) is 0.566. The lowest BCUT2D eigenvalue weighted by atomic mass is 10.1. The molecule has 2 aliphatic heterocycles. The monoisotopic (exact) mass is 481 g/mol. The van der Waals surface area contributed by atoms with Gasteiger partial charge in [0.1, 0.15) is 0 Å². The lowest BCUT2D eigenvalue weighted by Gasteiger charge is -2.35. The molecule has 2 aromatic carbocycles. The maximum atomic E-state index is 12.6. The van der Waals surface area contributed by atoms with Crippen LogP contribution in [0.4, 0.5) is 5.69 Å². The number of nitrogens with zero attached hydrogens (tertiary/aromatic N) is 3.